The zero-order valence-corrected chi connectivity index (χ0v) is 53.3. The Kier molecular flexibility index (Phi) is 30.8. The van der Waals surface area contributed by atoms with Crippen LogP contribution in [0.5, 0.6) is 0 Å². The van der Waals surface area contributed by atoms with Crippen LogP contribution < -0.4 is 54.5 Å². The van der Waals surface area contributed by atoms with Crippen LogP contribution in [-0.2, 0) is 4.74 Å². The number of anilines is 2. The number of benzene rings is 6. The van der Waals surface area contributed by atoms with Crippen molar-refractivity contribution < 1.29 is 58.2 Å². The van der Waals surface area contributed by atoms with E-state index in [-0.39, 0.29) is 41.7 Å². The van der Waals surface area contributed by atoms with Gasteiger partial charge in [-0.05, 0) is 128 Å². The van der Waals surface area contributed by atoms with Gasteiger partial charge < -0.3 is 58.4 Å². The predicted molar refractivity (Wildman–Crippen MR) is 334 cm³/mol. The standard InChI is InChI=1S/C31H36BrN2O3.C28H30N2O3.C3H7BrO.CH2Cl2.2ClH/c1-5-33(6-2)22-14-16-26-28(20-22)37-29-21-23(34(7-3)8-4)15-17-27(29)30(26)24-12-9-10-13-25(24)31(35)36-19-11-18-32;1-5-29(6-2)19-13-15-23-25(17-19)33-26-18-20(30(7-3)8-4)14-16-24(26)27(23)21-11-9-10-12-22(21)28(31)32;4-2-1-3-5;2-1-3;;/h9-10,12-17,20-21H,5-8,11,18-19H2,1-4H3;9-18H,5-8H2,1-4H3;5H,1-3H2;1H2;2*1H/q+1;;;;;/p-1. The second kappa shape index (κ2) is 35.7. The van der Waals surface area contributed by atoms with Crippen LogP contribution in [0.1, 0.15) is 88.9 Å². The number of carboxylic acid groups (broad SMARTS) is 1. The number of ether oxygens (including phenoxy) is 1. The van der Waals surface area contributed by atoms with Crippen LogP contribution in [0.2, 0.25) is 0 Å². The van der Waals surface area contributed by atoms with Crippen molar-refractivity contribution >= 4 is 100 Å². The summed E-state index contributed by atoms with van der Waals surface area (Å²) >= 11 is 16.1. The number of rotatable bonds is 19. The van der Waals surface area contributed by atoms with Crippen LogP contribution in [0.15, 0.2) is 130 Å². The Balaban J connectivity index is 0.000000364. The molecule has 2 aliphatic heterocycles. The van der Waals surface area contributed by atoms with Crippen molar-refractivity contribution in [3.05, 3.63) is 143 Å². The highest BCUT2D eigenvalue weighted by Crippen LogP contribution is 2.44. The maximum absolute atomic E-state index is 13.2. The highest BCUT2D eigenvalue weighted by molar-refractivity contribution is 9.09. The summed E-state index contributed by atoms with van der Waals surface area (Å²) in [6.45, 7) is 25.1. The van der Waals surface area contributed by atoms with Gasteiger partial charge in [-0.3, -0.25) is 0 Å². The molecule has 2 N–H and O–H groups in total. The van der Waals surface area contributed by atoms with Gasteiger partial charge in [0.1, 0.15) is 48.9 Å². The van der Waals surface area contributed by atoms with Gasteiger partial charge in [-0.1, -0.05) is 68.3 Å². The lowest BCUT2D eigenvalue weighted by Crippen LogP contribution is -3.00. The molecule has 4 aromatic rings. The zero-order valence-electron chi connectivity index (χ0n) is 47.1. The predicted octanol–water partition coefficient (Wildman–Crippen LogP) is 8.56. The molecule has 0 saturated carbocycles. The zero-order chi connectivity index (χ0) is 56.7. The normalized spacial score (nSPS) is 10.5. The molecule has 11 nitrogen and oxygen atoms in total. The number of hydrogen-bond acceptors (Lipinski definition) is 8. The van der Waals surface area contributed by atoms with Crippen LogP contribution in [0.25, 0.3) is 66.8 Å². The minimum Gasteiger partial charge on any atom is -1.00 e. The van der Waals surface area contributed by atoms with Gasteiger partial charge in [0.15, 0.2) is 0 Å². The first-order valence-corrected chi connectivity index (χ1v) is 30.3. The summed E-state index contributed by atoms with van der Waals surface area (Å²) in [7, 11) is 0. The van der Waals surface area contributed by atoms with E-state index >= 15 is 0 Å². The fraction of sp³-hybridized carbons (Fsp3) is 0.365. The summed E-state index contributed by atoms with van der Waals surface area (Å²) in [6, 6.07) is 40.1. The molecule has 4 aliphatic rings. The molecule has 2 heterocycles. The van der Waals surface area contributed by atoms with Gasteiger partial charge in [0.05, 0.1) is 35.2 Å². The van der Waals surface area contributed by atoms with E-state index < -0.39 is 5.97 Å². The molecule has 0 aromatic heterocycles. The maximum atomic E-state index is 13.2. The number of esters is 1. The van der Waals surface area contributed by atoms with Gasteiger partial charge in [-0.25, -0.2) is 18.7 Å². The monoisotopic (exact) mass is 1300 g/mol. The van der Waals surface area contributed by atoms with Gasteiger partial charge in [-0.2, -0.15) is 0 Å². The quantitative estimate of drug-likeness (QED) is 0.0270. The number of aromatic carboxylic acids is 1. The third kappa shape index (κ3) is 17.2. The number of aliphatic hydroxyl groups excluding tert-OH is 1. The van der Waals surface area contributed by atoms with Crippen LogP contribution in [-0.4, -0.2) is 104 Å². The fourth-order valence-corrected chi connectivity index (χ4v) is 10.1. The molecular formula is C63H76Br2Cl4N4O7. The largest absolute Gasteiger partial charge is 1.00 e. The Morgan fingerprint density at radius 3 is 1.31 bits per heavy atom. The fourth-order valence-electron chi connectivity index (χ4n) is 9.58. The van der Waals surface area contributed by atoms with E-state index in [1.807, 2.05) is 36.4 Å². The van der Waals surface area contributed by atoms with Gasteiger partial charge in [0.25, 0.3) is 0 Å². The molecule has 17 heteroatoms. The number of carbonyl (C=O) groups is 2. The summed E-state index contributed by atoms with van der Waals surface area (Å²) < 4.78 is 23.2. The highest BCUT2D eigenvalue weighted by atomic mass is 79.9. The minimum atomic E-state index is -0.938. The van der Waals surface area contributed by atoms with E-state index in [1.54, 1.807) is 12.1 Å². The van der Waals surface area contributed by atoms with E-state index in [9.17, 15) is 14.7 Å². The number of halogens is 6. The lowest BCUT2D eigenvalue weighted by Gasteiger charge is -2.22. The first kappa shape index (κ1) is 69.2. The Morgan fingerprint density at radius 1 is 0.550 bits per heavy atom. The van der Waals surface area contributed by atoms with Crippen LogP contribution in [0.3, 0.4) is 0 Å². The van der Waals surface area contributed by atoms with Crippen molar-refractivity contribution in [1.29, 1.82) is 0 Å². The van der Waals surface area contributed by atoms with Crippen LogP contribution in [0, 0.1) is 0 Å². The Bertz CT molecular complexity index is 3290. The van der Waals surface area contributed by atoms with E-state index in [2.05, 4.69) is 179 Å². The number of fused-ring (bicyclic) bond motifs is 4. The lowest BCUT2D eigenvalue weighted by atomic mass is 9.90. The number of carboxylic acids is 1. The first-order valence-electron chi connectivity index (χ1n) is 27.0. The van der Waals surface area contributed by atoms with Crippen LogP contribution >= 0.6 is 55.1 Å². The van der Waals surface area contributed by atoms with Crippen molar-refractivity contribution in [3.8, 4) is 44.9 Å². The molecule has 0 atom stereocenters. The molecule has 0 amide bonds. The third-order valence-corrected chi connectivity index (χ3v) is 14.7. The topological polar surface area (TPSA) is 123 Å². The summed E-state index contributed by atoms with van der Waals surface area (Å²) in [4.78, 5) is 29.8. The summed E-state index contributed by atoms with van der Waals surface area (Å²) in [6.07, 6.45) is 1.63. The number of carbonyl (C=O) groups excluding carboxylic acids is 1. The van der Waals surface area contributed by atoms with Crippen molar-refractivity contribution in [2.75, 3.05) is 91.4 Å². The van der Waals surface area contributed by atoms with Gasteiger partial charge in [0, 0.05) is 112 Å². The summed E-state index contributed by atoms with van der Waals surface area (Å²) in [5, 5.41) is 23.9. The summed E-state index contributed by atoms with van der Waals surface area (Å²) in [5.74, 6) is 0.301. The van der Waals surface area contributed by atoms with Crippen molar-refractivity contribution in [1.82, 2.24) is 9.15 Å². The number of aliphatic hydroxyl groups is 1. The average Bonchev–Trinajstić information content (AvgIpc) is 3.59. The van der Waals surface area contributed by atoms with E-state index in [1.165, 1.54) is 0 Å². The molecule has 432 valence electrons. The highest BCUT2D eigenvalue weighted by Gasteiger charge is 2.25. The molecule has 0 bridgehead atoms. The number of nitrogens with zero attached hydrogens (tertiary/aromatic N) is 4. The lowest BCUT2D eigenvalue weighted by molar-refractivity contribution is -0.00100. The van der Waals surface area contributed by atoms with Crippen molar-refractivity contribution in [2.45, 2.75) is 68.2 Å². The molecular weight excluding hydrogens is 1230 g/mol. The van der Waals surface area contributed by atoms with Crippen molar-refractivity contribution in [3.63, 3.8) is 0 Å². The molecule has 0 fully saturated rings. The second-order valence-corrected chi connectivity index (χ2v) is 20.2. The molecule has 80 heavy (non-hydrogen) atoms. The van der Waals surface area contributed by atoms with E-state index in [0.717, 1.165) is 159 Å². The molecule has 0 saturated heterocycles. The van der Waals surface area contributed by atoms with Gasteiger partial charge >= 0.3 is 11.9 Å². The summed E-state index contributed by atoms with van der Waals surface area (Å²) in [5.41, 5.74) is 9.90. The first-order chi connectivity index (χ1) is 37.9. The molecule has 0 radical (unpaired) electrons. The Labute approximate surface area is 511 Å². The smallest absolute Gasteiger partial charge is 0.338 e. The molecule has 4 aromatic carbocycles. The SMILES string of the molecule is CCN(CC)c1ccc2c(-c3ccccc3C(=O)O)c3ccc(=[N+](CC)CC)cc-3oc2c1.CCN(CC)c1ccc2c(-c3ccccc3C(=O)OCCCBr)c3ccc(=[N+](CC)CC)cc-3oc2c1.ClCCl.OCCCBr.[Cl-].[Cl-]. The average molecular weight is 1300 g/mol. The molecule has 0 unspecified atom stereocenters. The minimum absolute atomic E-state index is 0. The third-order valence-electron chi connectivity index (χ3n) is 13.5. The second-order valence-electron chi connectivity index (χ2n) is 17.8. The molecule has 2 aliphatic carbocycles. The van der Waals surface area contributed by atoms with E-state index in [0.29, 0.717) is 24.3 Å². The van der Waals surface area contributed by atoms with Crippen molar-refractivity contribution in [2.24, 2.45) is 0 Å². The van der Waals surface area contributed by atoms with Gasteiger partial charge in [0.2, 0.25) is 10.7 Å². The Morgan fingerprint density at radius 2 is 0.950 bits per heavy atom. The molecule has 8 rings (SSSR count). The van der Waals surface area contributed by atoms with Crippen LogP contribution in [0.4, 0.5) is 11.4 Å². The number of hydrogen-bond donors (Lipinski definition) is 2. The molecule has 0 spiro atoms. The van der Waals surface area contributed by atoms with Gasteiger partial charge in [-0.15, -0.1) is 23.2 Å². The number of alkyl halides is 4. The Hall–Kier alpha value is -5.12. The maximum Gasteiger partial charge on any atom is 0.338 e. The van der Waals surface area contributed by atoms with E-state index in [4.69, 9.17) is 41.9 Å².